The number of rotatable bonds is 3. The molecule has 3 atom stereocenters. The predicted molar refractivity (Wildman–Crippen MR) is 64.9 cm³/mol. The topological polar surface area (TPSA) is 127 Å². The summed E-state index contributed by atoms with van der Waals surface area (Å²) in [5.74, 6) is -5.04. The van der Waals surface area contributed by atoms with E-state index in [-0.39, 0.29) is 5.92 Å². The van der Waals surface area contributed by atoms with Crippen molar-refractivity contribution < 1.29 is 24.3 Å². The van der Waals surface area contributed by atoms with Crippen LogP contribution in [0, 0.1) is 22.7 Å². The Hall–Kier alpha value is -1.92. The Morgan fingerprint density at radius 2 is 1.65 bits per heavy atom. The van der Waals surface area contributed by atoms with Crippen LogP contribution in [0.4, 0.5) is 0 Å². The van der Waals surface area contributed by atoms with E-state index in [9.17, 15) is 24.3 Å². The minimum Gasteiger partial charge on any atom is -0.480 e. The van der Waals surface area contributed by atoms with E-state index in [1.165, 1.54) is 0 Å². The molecule has 3 amide bonds. The molecule has 1 heterocycles. The fraction of sp³-hybridized carbons (Fsp3) is 0.692. The van der Waals surface area contributed by atoms with Crippen molar-refractivity contribution in [2.45, 2.75) is 32.1 Å². The van der Waals surface area contributed by atoms with Crippen LogP contribution in [-0.4, -0.2) is 28.8 Å². The number of carboxylic acid groups (broad SMARTS) is 1. The quantitative estimate of drug-likeness (QED) is 0.470. The molecule has 0 bridgehead atoms. The molecule has 3 aliphatic rings. The third-order valence-electron chi connectivity index (χ3n) is 5.26. The lowest BCUT2D eigenvalue weighted by molar-refractivity contribution is -0.151. The van der Waals surface area contributed by atoms with E-state index in [1.54, 1.807) is 0 Å². The van der Waals surface area contributed by atoms with E-state index in [4.69, 9.17) is 5.73 Å². The van der Waals surface area contributed by atoms with Crippen molar-refractivity contribution in [3.05, 3.63) is 0 Å². The summed E-state index contributed by atoms with van der Waals surface area (Å²) in [5.41, 5.74) is 1.48. The first-order chi connectivity index (χ1) is 9.41. The summed E-state index contributed by atoms with van der Waals surface area (Å²) in [6, 6.07) is 0. The number of nitrogens with two attached hydrogens (primary N) is 1. The lowest BCUT2D eigenvalue weighted by Gasteiger charge is -2.24. The van der Waals surface area contributed by atoms with Crippen LogP contribution in [-0.2, 0) is 19.2 Å². The molecule has 4 N–H and O–H groups in total. The highest BCUT2D eigenvalue weighted by atomic mass is 16.4. The molecule has 2 saturated carbocycles. The highest BCUT2D eigenvalue weighted by Crippen LogP contribution is 2.75. The maximum absolute atomic E-state index is 12.1. The van der Waals surface area contributed by atoms with E-state index in [0.29, 0.717) is 0 Å². The van der Waals surface area contributed by atoms with E-state index in [0.717, 1.165) is 32.1 Å². The molecule has 0 unspecified atom stereocenters. The van der Waals surface area contributed by atoms with Crippen LogP contribution < -0.4 is 11.1 Å². The minimum atomic E-state index is -1.97. The first-order valence-corrected chi connectivity index (χ1v) is 6.81. The molecular weight excluding hydrogens is 264 g/mol. The number of primary amides is 1. The van der Waals surface area contributed by atoms with Gasteiger partial charge >= 0.3 is 5.97 Å². The van der Waals surface area contributed by atoms with Crippen molar-refractivity contribution in [2.75, 3.05) is 0 Å². The zero-order valence-corrected chi connectivity index (χ0v) is 10.8. The molecule has 3 rings (SSSR count). The van der Waals surface area contributed by atoms with Crippen molar-refractivity contribution in [3.63, 3.8) is 0 Å². The van der Waals surface area contributed by atoms with Crippen LogP contribution in [0.1, 0.15) is 32.1 Å². The number of hydrogen-bond acceptors (Lipinski definition) is 4. The summed E-state index contributed by atoms with van der Waals surface area (Å²) in [5, 5.41) is 11.5. The Kier molecular flexibility index (Phi) is 2.49. The Morgan fingerprint density at radius 3 is 2.10 bits per heavy atom. The normalized spacial score (nSPS) is 40.1. The number of carboxylic acids is 1. The Labute approximate surface area is 114 Å². The Morgan fingerprint density at radius 1 is 1.10 bits per heavy atom. The van der Waals surface area contributed by atoms with E-state index in [2.05, 4.69) is 0 Å². The summed E-state index contributed by atoms with van der Waals surface area (Å²) in [6.07, 6.45) is 4.35. The van der Waals surface area contributed by atoms with E-state index < -0.39 is 40.4 Å². The van der Waals surface area contributed by atoms with Gasteiger partial charge in [0.25, 0.3) is 0 Å². The molecule has 0 spiro atoms. The number of piperidine rings is 1. The molecular formula is C13H16N2O5. The second kappa shape index (κ2) is 3.80. The maximum atomic E-state index is 12.1. The van der Waals surface area contributed by atoms with Crippen LogP contribution >= 0.6 is 0 Å². The Bertz CT molecular complexity index is 501. The second-order valence-corrected chi connectivity index (χ2v) is 5.94. The van der Waals surface area contributed by atoms with E-state index >= 15 is 0 Å². The van der Waals surface area contributed by atoms with Gasteiger partial charge in [-0.25, -0.2) is 0 Å². The number of fused-ring (bicyclic) bond motifs is 1. The highest BCUT2D eigenvalue weighted by Gasteiger charge is 2.95. The van der Waals surface area contributed by atoms with Gasteiger partial charge in [-0.1, -0.05) is 32.1 Å². The summed E-state index contributed by atoms with van der Waals surface area (Å²) < 4.78 is 0. The molecule has 2 aliphatic carbocycles. The van der Waals surface area contributed by atoms with Gasteiger partial charge in [0.2, 0.25) is 17.7 Å². The molecule has 7 nitrogen and oxygen atoms in total. The summed E-state index contributed by atoms with van der Waals surface area (Å²) in [4.78, 5) is 47.6. The van der Waals surface area contributed by atoms with Crippen LogP contribution in [0.15, 0.2) is 0 Å². The maximum Gasteiger partial charge on any atom is 0.321 e. The smallest absolute Gasteiger partial charge is 0.321 e. The van der Waals surface area contributed by atoms with Crippen LogP contribution in [0.25, 0.3) is 0 Å². The SMILES string of the molecule is NC(=O)[C@]12C(=O)NC(=O)[C@]1(C(=O)O)[C@H]2C1CCCCC1. The fourth-order valence-corrected chi connectivity index (χ4v) is 4.48. The van der Waals surface area contributed by atoms with Gasteiger partial charge in [-0.05, 0) is 5.92 Å². The number of imide groups is 1. The van der Waals surface area contributed by atoms with Crippen LogP contribution in [0.3, 0.4) is 0 Å². The van der Waals surface area contributed by atoms with Gasteiger partial charge in [-0.15, -0.1) is 0 Å². The molecule has 7 heteroatoms. The van der Waals surface area contributed by atoms with Gasteiger partial charge in [0.15, 0.2) is 10.8 Å². The van der Waals surface area contributed by atoms with Crippen molar-refractivity contribution in [1.82, 2.24) is 5.32 Å². The first kappa shape index (κ1) is 13.1. The third kappa shape index (κ3) is 1.12. The molecule has 0 aromatic carbocycles. The number of carbonyl (C=O) groups is 4. The van der Waals surface area contributed by atoms with Crippen molar-refractivity contribution >= 4 is 23.7 Å². The number of aliphatic carboxylic acids is 1. The number of carbonyl (C=O) groups excluding carboxylic acids is 3. The van der Waals surface area contributed by atoms with E-state index in [1.807, 2.05) is 5.32 Å². The van der Waals surface area contributed by atoms with Crippen molar-refractivity contribution in [3.8, 4) is 0 Å². The zero-order valence-electron chi connectivity index (χ0n) is 10.8. The van der Waals surface area contributed by atoms with Crippen molar-refractivity contribution in [1.29, 1.82) is 0 Å². The monoisotopic (exact) mass is 280 g/mol. The fourth-order valence-electron chi connectivity index (χ4n) is 4.48. The highest BCUT2D eigenvalue weighted by molar-refractivity contribution is 6.32. The molecule has 1 aliphatic heterocycles. The number of amides is 3. The molecule has 108 valence electrons. The molecule has 3 fully saturated rings. The van der Waals surface area contributed by atoms with Crippen LogP contribution in [0.2, 0.25) is 0 Å². The average molecular weight is 280 g/mol. The van der Waals surface area contributed by atoms with Crippen LogP contribution in [0.5, 0.6) is 0 Å². The molecule has 0 aromatic heterocycles. The minimum absolute atomic E-state index is 0.109. The third-order valence-corrected chi connectivity index (χ3v) is 5.26. The van der Waals surface area contributed by atoms with Gasteiger partial charge in [0, 0.05) is 5.92 Å². The van der Waals surface area contributed by atoms with Gasteiger partial charge < -0.3 is 10.8 Å². The molecule has 0 aromatic rings. The molecule has 0 radical (unpaired) electrons. The van der Waals surface area contributed by atoms with Gasteiger partial charge in [-0.3, -0.25) is 24.5 Å². The Balaban J connectivity index is 2.10. The lowest BCUT2D eigenvalue weighted by Crippen LogP contribution is -2.40. The summed E-state index contributed by atoms with van der Waals surface area (Å²) in [6.45, 7) is 0. The summed E-state index contributed by atoms with van der Waals surface area (Å²) in [7, 11) is 0. The first-order valence-electron chi connectivity index (χ1n) is 6.81. The molecule has 1 saturated heterocycles. The largest absolute Gasteiger partial charge is 0.480 e. The predicted octanol–water partition coefficient (Wildman–Crippen LogP) is -0.604. The average Bonchev–Trinajstić information content (AvgIpc) is 2.99. The van der Waals surface area contributed by atoms with Gasteiger partial charge in [0.1, 0.15) is 0 Å². The number of nitrogens with one attached hydrogen (secondary N) is 1. The van der Waals surface area contributed by atoms with Gasteiger partial charge in [0.05, 0.1) is 0 Å². The number of hydrogen-bond donors (Lipinski definition) is 3. The lowest BCUT2D eigenvalue weighted by atomic mass is 9.81. The van der Waals surface area contributed by atoms with Crippen molar-refractivity contribution in [2.24, 2.45) is 28.4 Å². The summed E-state index contributed by atoms with van der Waals surface area (Å²) >= 11 is 0. The van der Waals surface area contributed by atoms with Gasteiger partial charge in [-0.2, -0.15) is 0 Å². The second-order valence-electron chi connectivity index (χ2n) is 5.94. The molecule has 20 heavy (non-hydrogen) atoms. The standard InChI is InChI=1S/C13H16N2O5/c14-8(16)12-7(6-4-2-1-3-5-6)13(12,11(19)20)10(18)15-9(12)17/h6-7H,1-5H2,(H2,14,16)(H,19,20)(H,15,17,18)/t7-,12+,13-/m0/s1. The zero-order chi connectivity index (χ0) is 14.7.